The number of anilines is 1. The molecule has 0 bridgehead atoms. The van der Waals surface area contributed by atoms with Crippen LogP contribution in [0.4, 0.5) is 5.95 Å². The molecule has 10 nitrogen and oxygen atoms in total. The number of hydrogen-bond acceptors (Lipinski definition) is 7. The van der Waals surface area contributed by atoms with Crippen molar-refractivity contribution in [3.8, 4) is 22.4 Å². The zero-order valence-electron chi connectivity index (χ0n) is 21.8. The fraction of sp³-hybridized carbons (Fsp3) is 0.393. The molecule has 0 unspecified atom stereocenters. The van der Waals surface area contributed by atoms with Crippen molar-refractivity contribution in [2.24, 2.45) is 5.92 Å². The lowest BCUT2D eigenvalue weighted by Gasteiger charge is -2.31. The van der Waals surface area contributed by atoms with E-state index in [1.54, 1.807) is 0 Å². The highest BCUT2D eigenvalue weighted by atomic mass is 16.4. The number of carboxylic acids is 1. The summed E-state index contributed by atoms with van der Waals surface area (Å²) < 4.78 is 2.91. The van der Waals surface area contributed by atoms with Gasteiger partial charge in [-0.15, -0.1) is 5.10 Å². The first-order valence-corrected chi connectivity index (χ1v) is 13.0. The summed E-state index contributed by atoms with van der Waals surface area (Å²) in [5.41, 5.74) is 11.5. The third-order valence-corrected chi connectivity index (χ3v) is 7.27. The molecule has 38 heavy (non-hydrogen) atoms. The Morgan fingerprint density at radius 2 is 1.71 bits per heavy atom. The van der Waals surface area contributed by atoms with Crippen LogP contribution in [0.5, 0.6) is 0 Å². The van der Waals surface area contributed by atoms with Gasteiger partial charge in [0.1, 0.15) is 0 Å². The van der Waals surface area contributed by atoms with Gasteiger partial charge in [0.15, 0.2) is 5.65 Å². The number of nitrogens with two attached hydrogens (primary N) is 1. The number of likely N-dealkylation sites (tertiary alicyclic amines) is 1. The van der Waals surface area contributed by atoms with Crippen LogP contribution in [0.3, 0.4) is 0 Å². The molecule has 4 heterocycles. The summed E-state index contributed by atoms with van der Waals surface area (Å²) in [4.78, 5) is 35.7. The van der Waals surface area contributed by atoms with Crippen LogP contribution in [-0.2, 0) is 11.3 Å². The number of piperidine rings is 1. The number of aryl methyl sites for hydroxylation is 3. The predicted molar refractivity (Wildman–Crippen MR) is 146 cm³/mol. The topological polar surface area (TPSA) is 132 Å². The van der Waals surface area contributed by atoms with Gasteiger partial charge in [-0.2, -0.15) is 0 Å². The fourth-order valence-corrected chi connectivity index (χ4v) is 5.36. The minimum Gasteiger partial charge on any atom is -0.481 e. The number of carboxylic acid groups (broad SMARTS) is 1. The lowest BCUT2D eigenvalue weighted by molar-refractivity contribution is -0.137. The van der Waals surface area contributed by atoms with Crippen LogP contribution in [0.2, 0.25) is 0 Å². The molecule has 0 radical (unpaired) electrons. The molecule has 0 spiro atoms. The molecule has 1 aliphatic heterocycles. The smallest absolute Gasteiger partial charge is 0.353 e. The quantitative estimate of drug-likeness (QED) is 0.365. The number of carbonyl (C=O) groups is 1. The Kier molecular flexibility index (Phi) is 7.24. The highest BCUT2D eigenvalue weighted by Gasteiger charge is 2.24. The number of pyridine rings is 1. The number of rotatable bonds is 8. The second kappa shape index (κ2) is 10.7. The summed E-state index contributed by atoms with van der Waals surface area (Å²) in [6, 6.07) is 13.7. The standard InChI is InChI=1S/C28H33N7O3/c1-18-16-22(17-19(2)30-18)24-25(21-6-4-3-5-7-21)31-27(29)35-26(24)32-34(28(35)38)15-10-20-8-12-33(13-9-20)14-11-23(36)37/h3-7,16-17,20H,8-15H2,1-2H3,(H2,29,31)(H,36,37). The zero-order chi connectivity index (χ0) is 26.8. The molecule has 198 valence electrons. The molecule has 0 atom stereocenters. The minimum atomic E-state index is -0.765. The molecule has 3 aromatic heterocycles. The largest absolute Gasteiger partial charge is 0.481 e. The first kappa shape index (κ1) is 25.6. The van der Waals surface area contributed by atoms with E-state index in [0.29, 0.717) is 30.3 Å². The maximum atomic E-state index is 13.5. The first-order chi connectivity index (χ1) is 18.3. The van der Waals surface area contributed by atoms with E-state index in [4.69, 9.17) is 15.9 Å². The lowest BCUT2D eigenvalue weighted by atomic mass is 9.93. The van der Waals surface area contributed by atoms with E-state index >= 15 is 0 Å². The van der Waals surface area contributed by atoms with E-state index in [2.05, 4.69) is 14.9 Å². The summed E-state index contributed by atoms with van der Waals surface area (Å²) in [6.45, 7) is 6.70. The monoisotopic (exact) mass is 515 g/mol. The van der Waals surface area contributed by atoms with Gasteiger partial charge in [-0.3, -0.25) is 9.78 Å². The number of nitrogen functional groups attached to an aromatic ring is 1. The van der Waals surface area contributed by atoms with E-state index in [-0.39, 0.29) is 18.1 Å². The summed E-state index contributed by atoms with van der Waals surface area (Å²) in [6.07, 6.45) is 2.94. The van der Waals surface area contributed by atoms with Crippen molar-refractivity contribution >= 4 is 17.6 Å². The molecule has 1 aliphatic rings. The Hall–Kier alpha value is -4.05. The van der Waals surface area contributed by atoms with Gasteiger partial charge in [-0.05, 0) is 69.8 Å². The van der Waals surface area contributed by atoms with E-state index in [1.807, 2.05) is 56.3 Å². The van der Waals surface area contributed by atoms with Crippen molar-refractivity contribution in [3.05, 3.63) is 64.3 Å². The first-order valence-electron chi connectivity index (χ1n) is 13.0. The van der Waals surface area contributed by atoms with Crippen LogP contribution >= 0.6 is 0 Å². The number of benzene rings is 1. The van der Waals surface area contributed by atoms with Crippen molar-refractivity contribution in [1.82, 2.24) is 29.0 Å². The maximum absolute atomic E-state index is 13.5. The average molecular weight is 516 g/mol. The number of nitrogens with zero attached hydrogens (tertiary/aromatic N) is 6. The normalized spacial score (nSPS) is 14.8. The Labute approximate surface area is 220 Å². The summed E-state index contributed by atoms with van der Waals surface area (Å²) in [5.74, 6) is -0.208. The van der Waals surface area contributed by atoms with Gasteiger partial charge in [0, 0.05) is 30.0 Å². The van der Waals surface area contributed by atoms with E-state index in [0.717, 1.165) is 60.4 Å². The Bertz CT molecular complexity index is 1500. The molecule has 1 fully saturated rings. The van der Waals surface area contributed by atoms with Crippen LogP contribution in [0.1, 0.15) is 37.1 Å². The summed E-state index contributed by atoms with van der Waals surface area (Å²) in [7, 11) is 0. The summed E-state index contributed by atoms with van der Waals surface area (Å²) >= 11 is 0. The molecule has 10 heteroatoms. The summed E-state index contributed by atoms with van der Waals surface area (Å²) in [5, 5.41) is 13.7. The highest BCUT2D eigenvalue weighted by Crippen LogP contribution is 2.35. The van der Waals surface area contributed by atoms with Crippen LogP contribution in [0, 0.1) is 19.8 Å². The highest BCUT2D eigenvalue weighted by molar-refractivity contribution is 5.90. The van der Waals surface area contributed by atoms with Crippen molar-refractivity contribution < 1.29 is 9.90 Å². The third kappa shape index (κ3) is 5.31. The second-order valence-electron chi connectivity index (χ2n) is 10.1. The number of fused-ring (bicyclic) bond motifs is 1. The molecular weight excluding hydrogens is 482 g/mol. The zero-order valence-corrected chi connectivity index (χ0v) is 21.8. The molecule has 0 amide bonds. The average Bonchev–Trinajstić information content (AvgIpc) is 3.23. The van der Waals surface area contributed by atoms with Crippen LogP contribution in [0.25, 0.3) is 28.0 Å². The van der Waals surface area contributed by atoms with Crippen molar-refractivity contribution in [3.63, 3.8) is 0 Å². The molecule has 5 rings (SSSR count). The number of aromatic nitrogens is 5. The van der Waals surface area contributed by atoms with Gasteiger partial charge >= 0.3 is 11.7 Å². The van der Waals surface area contributed by atoms with Gasteiger partial charge in [0.05, 0.1) is 17.7 Å². The molecule has 0 aliphatic carbocycles. The molecule has 1 saturated heterocycles. The number of aliphatic carboxylic acids is 1. The second-order valence-corrected chi connectivity index (χ2v) is 10.1. The van der Waals surface area contributed by atoms with Crippen molar-refractivity contribution in [2.75, 3.05) is 25.4 Å². The molecule has 3 N–H and O–H groups in total. The Morgan fingerprint density at radius 1 is 1.03 bits per heavy atom. The molecule has 0 saturated carbocycles. The van der Waals surface area contributed by atoms with Gasteiger partial charge in [0.25, 0.3) is 0 Å². The van der Waals surface area contributed by atoms with Crippen LogP contribution in [-0.4, -0.2) is 59.8 Å². The van der Waals surface area contributed by atoms with Gasteiger partial charge in [-0.25, -0.2) is 18.9 Å². The van der Waals surface area contributed by atoms with Crippen LogP contribution < -0.4 is 11.4 Å². The lowest BCUT2D eigenvalue weighted by Crippen LogP contribution is -2.35. The Balaban J connectivity index is 1.48. The van der Waals surface area contributed by atoms with Crippen LogP contribution in [0.15, 0.2) is 47.3 Å². The number of hydrogen-bond donors (Lipinski definition) is 2. The van der Waals surface area contributed by atoms with E-state index in [9.17, 15) is 9.59 Å². The van der Waals surface area contributed by atoms with Gasteiger partial charge in [-0.1, -0.05) is 30.3 Å². The Morgan fingerprint density at radius 3 is 2.37 bits per heavy atom. The molecule has 1 aromatic carbocycles. The molecule has 4 aromatic rings. The molecular formula is C28H33N7O3. The van der Waals surface area contributed by atoms with E-state index < -0.39 is 5.97 Å². The minimum absolute atomic E-state index is 0.105. The van der Waals surface area contributed by atoms with E-state index in [1.165, 1.54) is 9.08 Å². The fourth-order valence-electron chi connectivity index (χ4n) is 5.36. The van der Waals surface area contributed by atoms with Gasteiger partial charge in [0.2, 0.25) is 5.95 Å². The third-order valence-electron chi connectivity index (χ3n) is 7.27. The SMILES string of the molecule is Cc1cc(-c2c(-c3ccccc3)nc(N)n3c(=O)n(CCC4CCN(CCC(=O)O)CC4)nc23)cc(C)n1. The van der Waals surface area contributed by atoms with Crippen molar-refractivity contribution in [1.29, 1.82) is 0 Å². The van der Waals surface area contributed by atoms with Crippen molar-refractivity contribution in [2.45, 2.75) is 46.1 Å². The predicted octanol–water partition coefficient (Wildman–Crippen LogP) is 3.40. The van der Waals surface area contributed by atoms with Gasteiger partial charge < -0.3 is 15.7 Å². The maximum Gasteiger partial charge on any atom is 0.353 e.